The van der Waals surface area contributed by atoms with E-state index in [-0.39, 0.29) is 12.6 Å². The van der Waals surface area contributed by atoms with Crippen LogP contribution in [0.25, 0.3) is 0 Å². The van der Waals surface area contributed by atoms with Crippen molar-refractivity contribution in [3.63, 3.8) is 0 Å². The van der Waals surface area contributed by atoms with Gasteiger partial charge < -0.3 is 15.7 Å². The zero-order valence-electron chi connectivity index (χ0n) is 13.9. The van der Waals surface area contributed by atoms with Gasteiger partial charge in [0.2, 0.25) is 0 Å². The normalized spacial score (nSPS) is 12.0. The lowest BCUT2D eigenvalue weighted by Crippen LogP contribution is -2.32. The molecule has 3 N–H and O–H groups in total. The summed E-state index contributed by atoms with van der Waals surface area (Å²) in [7, 11) is 0. The van der Waals surface area contributed by atoms with Crippen LogP contribution in [0, 0.1) is 27.7 Å². The average molecular weight is 298 g/mol. The Morgan fingerprint density at radius 2 is 1.27 bits per heavy atom. The largest absolute Gasteiger partial charge is 0.394 e. The Bertz CT molecular complexity index is 597. The molecule has 0 saturated carbocycles. The summed E-state index contributed by atoms with van der Waals surface area (Å²) in [5.41, 5.74) is 7.12. The van der Waals surface area contributed by atoms with Gasteiger partial charge in [0.25, 0.3) is 0 Å². The van der Waals surface area contributed by atoms with E-state index in [2.05, 4.69) is 74.7 Å². The van der Waals surface area contributed by atoms with Crippen LogP contribution < -0.4 is 10.6 Å². The van der Waals surface area contributed by atoms with E-state index in [0.717, 1.165) is 11.4 Å². The van der Waals surface area contributed by atoms with Gasteiger partial charge in [0.15, 0.2) is 0 Å². The molecule has 2 rings (SSSR count). The molecule has 3 heteroatoms. The molecule has 0 spiro atoms. The number of benzene rings is 2. The van der Waals surface area contributed by atoms with Crippen molar-refractivity contribution in [1.82, 2.24) is 0 Å². The number of anilines is 2. The van der Waals surface area contributed by atoms with E-state index in [9.17, 15) is 5.11 Å². The quantitative estimate of drug-likeness (QED) is 0.760. The molecule has 0 amide bonds. The Morgan fingerprint density at radius 3 is 1.73 bits per heavy atom. The highest BCUT2D eigenvalue weighted by atomic mass is 16.3. The number of nitrogens with one attached hydrogen (secondary N) is 2. The predicted octanol–water partition coefficient (Wildman–Crippen LogP) is 3.81. The number of para-hydroxylation sites is 2. The maximum absolute atomic E-state index is 9.68. The summed E-state index contributed by atoms with van der Waals surface area (Å²) in [5.74, 6) is 0. The van der Waals surface area contributed by atoms with Crippen LogP contribution >= 0.6 is 0 Å². The van der Waals surface area contributed by atoms with E-state index >= 15 is 0 Å². The zero-order chi connectivity index (χ0) is 16.1. The van der Waals surface area contributed by atoms with E-state index in [1.165, 1.54) is 22.3 Å². The Morgan fingerprint density at radius 1 is 0.818 bits per heavy atom. The summed E-state index contributed by atoms with van der Waals surface area (Å²) < 4.78 is 0. The molecule has 2 aromatic carbocycles. The lowest BCUT2D eigenvalue weighted by Gasteiger charge is -2.22. The molecule has 1 atom stereocenters. The topological polar surface area (TPSA) is 44.3 Å². The third-order valence-corrected chi connectivity index (χ3v) is 4.06. The molecule has 0 aliphatic rings. The molecule has 0 aliphatic carbocycles. The van der Waals surface area contributed by atoms with Crippen LogP contribution in [0.4, 0.5) is 11.4 Å². The van der Waals surface area contributed by atoms with Crippen molar-refractivity contribution in [2.45, 2.75) is 33.7 Å². The van der Waals surface area contributed by atoms with Gasteiger partial charge in [-0.3, -0.25) is 0 Å². The molecule has 3 nitrogen and oxygen atoms in total. The first kappa shape index (κ1) is 16.4. The van der Waals surface area contributed by atoms with Crippen LogP contribution in [0.1, 0.15) is 22.3 Å². The van der Waals surface area contributed by atoms with Crippen LogP contribution in [0.2, 0.25) is 0 Å². The first-order chi connectivity index (χ1) is 10.5. The summed E-state index contributed by atoms with van der Waals surface area (Å²) in [6.07, 6.45) is 0. The molecule has 0 aromatic heterocycles. The lowest BCUT2D eigenvalue weighted by atomic mass is 10.1. The highest BCUT2D eigenvalue weighted by molar-refractivity contribution is 5.59. The minimum absolute atomic E-state index is 0.0289. The van der Waals surface area contributed by atoms with E-state index in [1.54, 1.807) is 0 Å². The summed E-state index contributed by atoms with van der Waals surface area (Å²) >= 11 is 0. The summed E-state index contributed by atoms with van der Waals surface area (Å²) in [6, 6.07) is 12.5. The molecular weight excluding hydrogens is 272 g/mol. The third kappa shape index (κ3) is 3.80. The minimum atomic E-state index is -0.0289. The zero-order valence-corrected chi connectivity index (χ0v) is 13.9. The van der Waals surface area contributed by atoms with Crippen LogP contribution in [0.3, 0.4) is 0 Å². The monoisotopic (exact) mass is 298 g/mol. The number of hydrogen-bond donors (Lipinski definition) is 3. The van der Waals surface area contributed by atoms with Crippen molar-refractivity contribution in [2.24, 2.45) is 0 Å². The molecule has 0 fully saturated rings. The van der Waals surface area contributed by atoms with Crippen molar-refractivity contribution in [3.05, 3.63) is 58.7 Å². The molecule has 0 radical (unpaired) electrons. The second-order valence-electron chi connectivity index (χ2n) is 5.94. The highest BCUT2D eigenvalue weighted by Crippen LogP contribution is 2.22. The number of aliphatic hydroxyl groups is 1. The molecule has 2 aromatic rings. The Balaban J connectivity index is 2.07. The van der Waals surface area contributed by atoms with Gasteiger partial charge >= 0.3 is 0 Å². The third-order valence-electron chi connectivity index (χ3n) is 4.06. The summed E-state index contributed by atoms with van der Waals surface area (Å²) in [6.45, 7) is 9.14. The van der Waals surface area contributed by atoms with Gasteiger partial charge in [0.05, 0.1) is 12.6 Å². The van der Waals surface area contributed by atoms with Crippen molar-refractivity contribution < 1.29 is 5.11 Å². The van der Waals surface area contributed by atoms with Gasteiger partial charge in [0.1, 0.15) is 0 Å². The molecule has 22 heavy (non-hydrogen) atoms. The average Bonchev–Trinajstić information content (AvgIpc) is 2.48. The Labute approximate surface area is 133 Å². The van der Waals surface area contributed by atoms with Crippen LogP contribution in [-0.4, -0.2) is 24.3 Å². The van der Waals surface area contributed by atoms with Gasteiger partial charge in [0, 0.05) is 17.9 Å². The van der Waals surface area contributed by atoms with Gasteiger partial charge in [-0.15, -0.1) is 0 Å². The van der Waals surface area contributed by atoms with Crippen molar-refractivity contribution >= 4 is 11.4 Å². The summed E-state index contributed by atoms with van der Waals surface area (Å²) in [4.78, 5) is 0. The fraction of sp³-hybridized carbons (Fsp3) is 0.368. The summed E-state index contributed by atoms with van der Waals surface area (Å²) in [5, 5.41) is 16.6. The van der Waals surface area contributed by atoms with E-state index in [4.69, 9.17) is 0 Å². The molecule has 0 heterocycles. The van der Waals surface area contributed by atoms with Crippen molar-refractivity contribution in [2.75, 3.05) is 23.8 Å². The van der Waals surface area contributed by atoms with Gasteiger partial charge in [-0.1, -0.05) is 36.4 Å². The SMILES string of the molecule is Cc1cccc(C)c1NCC(CO)Nc1c(C)cccc1C. The van der Waals surface area contributed by atoms with E-state index in [0.29, 0.717) is 6.54 Å². The second kappa shape index (κ2) is 7.32. The second-order valence-corrected chi connectivity index (χ2v) is 5.94. The van der Waals surface area contributed by atoms with E-state index < -0.39 is 0 Å². The first-order valence-corrected chi connectivity index (χ1v) is 7.76. The fourth-order valence-corrected chi connectivity index (χ4v) is 2.73. The van der Waals surface area contributed by atoms with Gasteiger partial charge in [-0.05, 0) is 49.9 Å². The van der Waals surface area contributed by atoms with Crippen LogP contribution in [-0.2, 0) is 0 Å². The number of hydrogen-bond acceptors (Lipinski definition) is 3. The highest BCUT2D eigenvalue weighted by Gasteiger charge is 2.11. The Kier molecular flexibility index (Phi) is 5.45. The van der Waals surface area contributed by atoms with Crippen molar-refractivity contribution in [1.29, 1.82) is 0 Å². The standard InChI is InChI=1S/C19H26N2O/c1-13-7-5-8-14(2)18(13)20-11-17(12-22)21-19-15(3)9-6-10-16(19)4/h5-10,17,20-22H,11-12H2,1-4H3. The minimum Gasteiger partial charge on any atom is -0.394 e. The maximum Gasteiger partial charge on any atom is 0.0665 e. The van der Waals surface area contributed by atoms with Gasteiger partial charge in [-0.25, -0.2) is 0 Å². The van der Waals surface area contributed by atoms with Crippen LogP contribution in [0.5, 0.6) is 0 Å². The number of aryl methyl sites for hydroxylation is 4. The lowest BCUT2D eigenvalue weighted by molar-refractivity contribution is 0.278. The molecule has 0 bridgehead atoms. The number of rotatable bonds is 6. The maximum atomic E-state index is 9.68. The van der Waals surface area contributed by atoms with Crippen molar-refractivity contribution in [3.8, 4) is 0 Å². The smallest absolute Gasteiger partial charge is 0.0665 e. The van der Waals surface area contributed by atoms with E-state index in [1.807, 2.05) is 0 Å². The first-order valence-electron chi connectivity index (χ1n) is 7.76. The van der Waals surface area contributed by atoms with Crippen LogP contribution in [0.15, 0.2) is 36.4 Å². The molecule has 1 unspecified atom stereocenters. The molecule has 118 valence electrons. The Hall–Kier alpha value is -2.00. The predicted molar refractivity (Wildman–Crippen MR) is 94.8 cm³/mol. The fourth-order valence-electron chi connectivity index (χ4n) is 2.73. The van der Waals surface area contributed by atoms with Gasteiger partial charge in [-0.2, -0.15) is 0 Å². The molecular formula is C19H26N2O. The number of aliphatic hydroxyl groups excluding tert-OH is 1. The molecule has 0 saturated heterocycles. The molecule has 0 aliphatic heterocycles.